The summed E-state index contributed by atoms with van der Waals surface area (Å²) in [4.78, 5) is 20.1. The van der Waals surface area contributed by atoms with Crippen LogP contribution >= 0.6 is 0 Å². The summed E-state index contributed by atoms with van der Waals surface area (Å²) in [6, 6.07) is 4.63. The molecule has 0 spiro atoms. The summed E-state index contributed by atoms with van der Waals surface area (Å²) >= 11 is 0. The third-order valence-corrected chi connectivity index (χ3v) is 5.30. The summed E-state index contributed by atoms with van der Waals surface area (Å²) in [7, 11) is -0.401. The van der Waals surface area contributed by atoms with E-state index in [1.165, 1.54) is 21.3 Å². The first kappa shape index (κ1) is 16.3. The van der Waals surface area contributed by atoms with Gasteiger partial charge in [0.2, 0.25) is 10.0 Å². The highest BCUT2D eigenvalue weighted by atomic mass is 32.2. The van der Waals surface area contributed by atoms with E-state index in [4.69, 9.17) is 0 Å². The van der Waals surface area contributed by atoms with E-state index in [0.29, 0.717) is 23.1 Å². The van der Waals surface area contributed by atoms with Gasteiger partial charge in [-0.3, -0.25) is 19.1 Å². The number of sulfonamides is 1. The Balaban J connectivity index is 1.83. The van der Waals surface area contributed by atoms with Crippen molar-refractivity contribution in [3.8, 4) is 0 Å². The van der Waals surface area contributed by atoms with Crippen LogP contribution in [0.3, 0.4) is 0 Å². The second-order valence-corrected chi connectivity index (χ2v) is 7.16. The van der Waals surface area contributed by atoms with Gasteiger partial charge in [-0.25, -0.2) is 17.9 Å². The Labute approximate surface area is 138 Å². The summed E-state index contributed by atoms with van der Waals surface area (Å²) in [5.74, 6) is 0. The molecule has 0 aliphatic rings. The van der Waals surface area contributed by atoms with Crippen LogP contribution in [0.15, 0.2) is 46.5 Å². The lowest BCUT2D eigenvalue weighted by molar-refractivity contribution is 0.581. The van der Waals surface area contributed by atoms with Gasteiger partial charge in [0.1, 0.15) is 0 Å². The number of benzene rings is 1. The Morgan fingerprint density at radius 1 is 1.12 bits per heavy atom. The number of hydrogen-bond acceptors (Lipinski definition) is 5. The van der Waals surface area contributed by atoms with Gasteiger partial charge in [-0.15, -0.1) is 0 Å². The summed E-state index contributed by atoms with van der Waals surface area (Å²) in [6.45, 7) is 0.215. The monoisotopic (exact) mass is 347 g/mol. The minimum atomic E-state index is -3.67. The standard InChI is InChI=1S/C15H17N5O3S/c1-19-13-4-3-12(9-14(13)20(2)15(19)21)24(22,23)18-6-5-11-10-16-7-8-17-11/h3-4,7-10,18H,5-6H2,1-2H3. The number of imidazole rings is 1. The first-order valence-corrected chi connectivity index (χ1v) is 8.78. The molecule has 0 saturated carbocycles. The molecule has 0 fully saturated rings. The molecule has 9 heteroatoms. The van der Waals surface area contributed by atoms with E-state index in [9.17, 15) is 13.2 Å². The second kappa shape index (κ2) is 6.17. The molecule has 2 aromatic heterocycles. The van der Waals surface area contributed by atoms with Crippen molar-refractivity contribution in [2.75, 3.05) is 6.54 Å². The van der Waals surface area contributed by atoms with Gasteiger partial charge in [-0.2, -0.15) is 0 Å². The molecule has 0 radical (unpaired) electrons. The Morgan fingerprint density at radius 3 is 2.58 bits per heavy atom. The molecule has 126 valence electrons. The van der Waals surface area contributed by atoms with Crippen molar-refractivity contribution >= 4 is 21.1 Å². The minimum Gasteiger partial charge on any atom is -0.295 e. The van der Waals surface area contributed by atoms with Crippen molar-refractivity contribution in [3.63, 3.8) is 0 Å². The molecule has 0 atom stereocenters. The Bertz CT molecular complexity index is 1040. The van der Waals surface area contributed by atoms with Crippen LogP contribution in [0.5, 0.6) is 0 Å². The Kier molecular flexibility index (Phi) is 4.20. The van der Waals surface area contributed by atoms with Crippen LogP contribution < -0.4 is 10.4 Å². The predicted molar refractivity (Wildman–Crippen MR) is 89.1 cm³/mol. The van der Waals surface area contributed by atoms with Gasteiger partial charge < -0.3 is 0 Å². The lowest BCUT2D eigenvalue weighted by Gasteiger charge is -2.07. The quantitative estimate of drug-likeness (QED) is 0.710. The van der Waals surface area contributed by atoms with Gasteiger partial charge in [0.25, 0.3) is 0 Å². The maximum absolute atomic E-state index is 12.4. The van der Waals surface area contributed by atoms with Crippen LogP contribution in [0.1, 0.15) is 5.69 Å². The Hall–Kier alpha value is -2.52. The molecule has 0 unspecified atom stereocenters. The largest absolute Gasteiger partial charge is 0.328 e. The molecule has 0 aliphatic heterocycles. The van der Waals surface area contributed by atoms with Crippen LogP contribution in [0.4, 0.5) is 0 Å². The van der Waals surface area contributed by atoms with E-state index >= 15 is 0 Å². The van der Waals surface area contributed by atoms with Crippen LogP contribution in [-0.2, 0) is 30.5 Å². The highest BCUT2D eigenvalue weighted by molar-refractivity contribution is 7.89. The van der Waals surface area contributed by atoms with E-state index in [2.05, 4.69) is 14.7 Å². The number of aryl methyl sites for hydroxylation is 2. The molecule has 24 heavy (non-hydrogen) atoms. The summed E-state index contributed by atoms with van der Waals surface area (Å²) in [5.41, 5.74) is 1.76. The molecule has 3 rings (SSSR count). The first-order chi connectivity index (χ1) is 11.4. The minimum absolute atomic E-state index is 0.121. The fourth-order valence-electron chi connectivity index (χ4n) is 2.51. The summed E-state index contributed by atoms with van der Waals surface area (Å²) < 4.78 is 30.3. The van der Waals surface area contributed by atoms with Gasteiger partial charge in [-0.1, -0.05) is 0 Å². The van der Waals surface area contributed by atoms with E-state index in [1.54, 1.807) is 38.8 Å². The number of rotatable bonds is 5. The number of nitrogens with zero attached hydrogens (tertiary/aromatic N) is 4. The molecular weight excluding hydrogens is 330 g/mol. The lowest BCUT2D eigenvalue weighted by Crippen LogP contribution is -2.26. The predicted octanol–water partition coefficient (Wildman–Crippen LogP) is 0.188. The molecule has 3 aromatic rings. The molecular formula is C15H17N5O3S. The Morgan fingerprint density at radius 2 is 1.88 bits per heavy atom. The van der Waals surface area contributed by atoms with Crippen molar-refractivity contribution < 1.29 is 8.42 Å². The molecule has 1 aromatic carbocycles. The van der Waals surface area contributed by atoms with E-state index in [1.807, 2.05) is 0 Å². The van der Waals surface area contributed by atoms with Crippen LogP contribution in [0.2, 0.25) is 0 Å². The highest BCUT2D eigenvalue weighted by Gasteiger charge is 2.16. The number of aromatic nitrogens is 4. The molecule has 0 aliphatic carbocycles. The fraction of sp³-hybridized carbons (Fsp3) is 0.267. The van der Waals surface area contributed by atoms with Crippen molar-refractivity contribution in [1.29, 1.82) is 0 Å². The molecule has 0 saturated heterocycles. The topological polar surface area (TPSA) is 98.9 Å². The van der Waals surface area contributed by atoms with E-state index in [-0.39, 0.29) is 17.1 Å². The molecule has 1 N–H and O–H groups in total. The molecule has 8 nitrogen and oxygen atoms in total. The van der Waals surface area contributed by atoms with Gasteiger partial charge in [0.15, 0.2) is 0 Å². The van der Waals surface area contributed by atoms with Crippen molar-refractivity contribution in [2.45, 2.75) is 11.3 Å². The van der Waals surface area contributed by atoms with Crippen molar-refractivity contribution in [3.05, 3.63) is 53.0 Å². The van der Waals surface area contributed by atoms with Crippen molar-refractivity contribution in [2.24, 2.45) is 14.1 Å². The summed E-state index contributed by atoms with van der Waals surface area (Å²) in [5, 5.41) is 0. The van der Waals surface area contributed by atoms with Gasteiger partial charge in [0, 0.05) is 45.7 Å². The van der Waals surface area contributed by atoms with Crippen LogP contribution in [-0.4, -0.2) is 34.1 Å². The first-order valence-electron chi connectivity index (χ1n) is 7.30. The van der Waals surface area contributed by atoms with Crippen LogP contribution in [0.25, 0.3) is 11.0 Å². The van der Waals surface area contributed by atoms with Crippen molar-refractivity contribution in [1.82, 2.24) is 23.8 Å². The zero-order valence-electron chi connectivity index (χ0n) is 13.3. The smallest absolute Gasteiger partial charge is 0.295 e. The van der Waals surface area contributed by atoms with Gasteiger partial charge in [-0.05, 0) is 18.2 Å². The summed E-state index contributed by atoms with van der Waals surface area (Å²) in [6.07, 6.45) is 5.17. The molecule has 2 heterocycles. The SMILES string of the molecule is Cn1c(=O)n(C)c2cc(S(=O)(=O)NCCc3cnccn3)ccc21. The third-order valence-electron chi connectivity index (χ3n) is 3.84. The lowest BCUT2D eigenvalue weighted by atomic mass is 10.3. The maximum Gasteiger partial charge on any atom is 0.328 e. The number of hydrogen-bond donors (Lipinski definition) is 1. The highest BCUT2D eigenvalue weighted by Crippen LogP contribution is 2.17. The maximum atomic E-state index is 12.4. The average Bonchev–Trinajstić information content (AvgIpc) is 2.80. The average molecular weight is 347 g/mol. The van der Waals surface area contributed by atoms with E-state index in [0.717, 1.165) is 0 Å². The normalized spacial score (nSPS) is 11.9. The van der Waals surface area contributed by atoms with E-state index < -0.39 is 10.0 Å². The zero-order valence-corrected chi connectivity index (χ0v) is 14.1. The fourth-order valence-corrected chi connectivity index (χ4v) is 3.56. The number of nitrogens with one attached hydrogen (secondary N) is 1. The van der Waals surface area contributed by atoms with Crippen LogP contribution in [0, 0.1) is 0 Å². The zero-order chi connectivity index (χ0) is 17.3. The number of fused-ring (bicyclic) bond motifs is 1. The van der Waals surface area contributed by atoms with Gasteiger partial charge >= 0.3 is 5.69 Å². The molecule has 0 bridgehead atoms. The third kappa shape index (κ3) is 2.95. The molecule has 0 amide bonds. The second-order valence-electron chi connectivity index (χ2n) is 5.40. The van der Waals surface area contributed by atoms with Gasteiger partial charge in [0.05, 0.1) is 21.6 Å².